The lowest BCUT2D eigenvalue weighted by molar-refractivity contribution is -0.138. The molecule has 2 aliphatic heterocycles. The summed E-state index contributed by atoms with van der Waals surface area (Å²) >= 11 is 0. The minimum atomic E-state index is -3.24. The second-order valence-corrected chi connectivity index (χ2v) is 14.3. The zero-order valence-electron chi connectivity index (χ0n) is 24.8. The van der Waals surface area contributed by atoms with Crippen LogP contribution in [-0.4, -0.2) is 75.4 Å². The summed E-state index contributed by atoms with van der Waals surface area (Å²) in [6, 6.07) is 14.3. The first-order chi connectivity index (χ1) is 19.3. The number of rotatable bonds is 9. The molecule has 4 rings (SSSR count). The van der Waals surface area contributed by atoms with Crippen LogP contribution in [0.3, 0.4) is 0 Å². The van der Waals surface area contributed by atoms with Crippen molar-refractivity contribution in [3.05, 3.63) is 59.7 Å². The molecule has 41 heavy (non-hydrogen) atoms. The third-order valence-electron chi connectivity index (χ3n) is 8.08. The number of piperidine rings is 1. The molecule has 0 saturated carbocycles. The van der Waals surface area contributed by atoms with Crippen LogP contribution in [0, 0.1) is 5.41 Å². The molecule has 0 radical (unpaired) electrons. The highest BCUT2D eigenvalue weighted by Gasteiger charge is 2.47. The average Bonchev–Trinajstić information content (AvgIpc) is 3.20. The molecule has 2 saturated heterocycles. The average molecular weight is 586 g/mol. The van der Waals surface area contributed by atoms with E-state index in [1.165, 1.54) is 6.26 Å². The molecule has 0 aromatic heterocycles. The number of benzene rings is 2. The molecule has 9 nitrogen and oxygen atoms in total. The van der Waals surface area contributed by atoms with Gasteiger partial charge in [-0.1, -0.05) is 24.3 Å². The predicted molar refractivity (Wildman–Crippen MR) is 157 cm³/mol. The molecular formula is C31H43N3O6S. The number of nitrogens with zero attached hydrogens (tertiary/aromatic N) is 2. The minimum Gasteiger partial charge on any atom is -0.497 e. The summed E-state index contributed by atoms with van der Waals surface area (Å²) in [5, 5.41) is 3.04. The number of ether oxygens (including phenoxy) is 2. The highest BCUT2D eigenvalue weighted by atomic mass is 32.2. The number of hydrogen-bond donors (Lipinski definition) is 1. The quantitative estimate of drug-likeness (QED) is 0.460. The molecule has 1 N–H and O–H groups in total. The molecule has 0 aliphatic carbocycles. The fourth-order valence-corrected chi connectivity index (χ4v) is 6.33. The summed E-state index contributed by atoms with van der Waals surface area (Å²) < 4.78 is 34.3. The van der Waals surface area contributed by atoms with E-state index in [1.54, 1.807) is 31.4 Å². The van der Waals surface area contributed by atoms with Gasteiger partial charge in [-0.3, -0.25) is 4.79 Å². The van der Waals surface area contributed by atoms with Gasteiger partial charge in [-0.05, 0) is 94.9 Å². The van der Waals surface area contributed by atoms with Gasteiger partial charge in [0.15, 0.2) is 9.84 Å². The van der Waals surface area contributed by atoms with E-state index < -0.39 is 21.5 Å². The maximum absolute atomic E-state index is 13.5. The zero-order valence-corrected chi connectivity index (χ0v) is 25.6. The zero-order chi connectivity index (χ0) is 29.8. The van der Waals surface area contributed by atoms with Crippen LogP contribution in [0.1, 0.15) is 63.6 Å². The Hall–Kier alpha value is -3.11. The van der Waals surface area contributed by atoms with Crippen molar-refractivity contribution in [3.63, 3.8) is 0 Å². The van der Waals surface area contributed by atoms with E-state index in [0.717, 1.165) is 55.8 Å². The molecule has 1 atom stereocenters. The summed E-state index contributed by atoms with van der Waals surface area (Å²) in [5.41, 5.74) is 1.00. The lowest BCUT2D eigenvalue weighted by Crippen LogP contribution is -2.45. The van der Waals surface area contributed by atoms with Gasteiger partial charge in [0.2, 0.25) is 5.91 Å². The van der Waals surface area contributed by atoms with Gasteiger partial charge in [-0.15, -0.1) is 0 Å². The Balaban J connectivity index is 1.33. The van der Waals surface area contributed by atoms with Crippen molar-refractivity contribution in [1.29, 1.82) is 0 Å². The maximum Gasteiger partial charge on any atom is 0.408 e. The molecule has 224 valence electrons. The topological polar surface area (TPSA) is 105 Å². The maximum atomic E-state index is 13.5. The Morgan fingerprint density at radius 3 is 2.17 bits per heavy atom. The monoisotopic (exact) mass is 585 g/mol. The van der Waals surface area contributed by atoms with Crippen LogP contribution >= 0.6 is 0 Å². The Labute approximate surface area is 244 Å². The highest BCUT2D eigenvalue weighted by molar-refractivity contribution is 7.90. The number of amides is 2. The van der Waals surface area contributed by atoms with Crippen LogP contribution in [0.2, 0.25) is 0 Å². The van der Waals surface area contributed by atoms with Gasteiger partial charge in [0.05, 0.1) is 23.5 Å². The summed E-state index contributed by atoms with van der Waals surface area (Å²) in [4.78, 5) is 30.7. The second kappa shape index (κ2) is 12.4. The Bertz CT molecular complexity index is 1310. The third kappa shape index (κ3) is 8.01. The molecule has 2 fully saturated rings. The Morgan fingerprint density at radius 2 is 1.61 bits per heavy atom. The molecule has 2 aromatic carbocycles. The number of carbonyl (C=O) groups excluding carboxylic acids is 2. The van der Waals surface area contributed by atoms with Crippen LogP contribution in [-0.2, 0) is 25.9 Å². The van der Waals surface area contributed by atoms with Crippen molar-refractivity contribution in [1.82, 2.24) is 15.1 Å². The summed E-state index contributed by atoms with van der Waals surface area (Å²) in [6.07, 6.45) is 3.92. The van der Waals surface area contributed by atoms with Crippen LogP contribution in [0.25, 0.3) is 0 Å². The van der Waals surface area contributed by atoms with Gasteiger partial charge < -0.3 is 24.6 Å². The standard InChI is InChI=1S/C31H43N3O6S/c1-30(2,3)40-29(36)32-27(24-8-10-25(39-4)11-9-24)14-18-33-19-15-31(16-20-33)17-21-34(28(31)35)22-23-6-12-26(13-7-23)41(5,37)38/h6-13,27H,14-22H2,1-5H3,(H,32,36). The molecule has 0 bridgehead atoms. The number of carbonyl (C=O) groups is 2. The summed E-state index contributed by atoms with van der Waals surface area (Å²) in [7, 11) is -1.62. The van der Waals surface area contributed by atoms with Gasteiger partial charge in [0.1, 0.15) is 11.4 Å². The van der Waals surface area contributed by atoms with Gasteiger partial charge in [0.25, 0.3) is 0 Å². The van der Waals surface area contributed by atoms with E-state index >= 15 is 0 Å². The summed E-state index contributed by atoms with van der Waals surface area (Å²) in [5.74, 6) is 0.958. The van der Waals surface area contributed by atoms with E-state index in [2.05, 4.69) is 10.2 Å². The molecule has 1 spiro atoms. The first-order valence-corrected chi connectivity index (χ1v) is 16.1. The predicted octanol–water partition coefficient (Wildman–Crippen LogP) is 4.57. The second-order valence-electron chi connectivity index (χ2n) is 12.3. The molecular weight excluding hydrogens is 542 g/mol. The van der Waals surface area contributed by atoms with Crippen LogP contribution in [0.15, 0.2) is 53.4 Å². The lowest BCUT2D eigenvalue weighted by Gasteiger charge is -2.38. The molecule has 2 aliphatic rings. The minimum absolute atomic E-state index is 0.201. The Morgan fingerprint density at radius 1 is 1.00 bits per heavy atom. The van der Waals surface area contributed by atoms with E-state index in [9.17, 15) is 18.0 Å². The van der Waals surface area contributed by atoms with E-state index in [1.807, 2.05) is 49.9 Å². The normalized spacial score (nSPS) is 18.4. The number of hydrogen-bond acceptors (Lipinski definition) is 7. The van der Waals surface area contributed by atoms with Gasteiger partial charge in [0, 0.05) is 25.9 Å². The van der Waals surface area contributed by atoms with Crippen LogP contribution < -0.4 is 10.1 Å². The first kappa shape index (κ1) is 30.8. The number of likely N-dealkylation sites (tertiary alicyclic amines) is 2. The van der Waals surface area contributed by atoms with E-state index in [0.29, 0.717) is 19.5 Å². The van der Waals surface area contributed by atoms with Crippen molar-refractivity contribution in [2.24, 2.45) is 5.41 Å². The van der Waals surface area contributed by atoms with Crippen molar-refractivity contribution < 1.29 is 27.5 Å². The van der Waals surface area contributed by atoms with Gasteiger partial charge in [-0.2, -0.15) is 0 Å². The molecule has 2 amide bonds. The van der Waals surface area contributed by atoms with Crippen molar-refractivity contribution in [3.8, 4) is 5.75 Å². The molecule has 2 heterocycles. The smallest absolute Gasteiger partial charge is 0.408 e. The molecule has 2 aromatic rings. The van der Waals surface area contributed by atoms with E-state index in [4.69, 9.17) is 9.47 Å². The van der Waals surface area contributed by atoms with Gasteiger partial charge in [-0.25, -0.2) is 13.2 Å². The third-order valence-corrected chi connectivity index (χ3v) is 9.21. The highest BCUT2D eigenvalue weighted by Crippen LogP contribution is 2.42. The Kier molecular flexibility index (Phi) is 9.33. The van der Waals surface area contributed by atoms with Gasteiger partial charge >= 0.3 is 6.09 Å². The fourth-order valence-electron chi connectivity index (χ4n) is 5.69. The first-order valence-electron chi connectivity index (χ1n) is 14.2. The fraction of sp³-hybridized carbons (Fsp3) is 0.548. The number of sulfone groups is 1. The lowest BCUT2D eigenvalue weighted by atomic mass is 9.77. The van der Waals surface area contributed by atoms with Crippen molar-refractivity contribution >= 4 is 21.8 Å². The number of methoxy groups -OCH3 is 1. The molecule has 1 unspecified atom stereocenters. The summed E-state index contributed by atoms with van der Waals surface area (Å²) in [6.45, 7) is 9.18. The number of nitrogens with one attached hydrogen (secondary N) is 1. The molecule has 10 heteroatoms. The van der Waals surface area contributed by atoms with Crippen molar-refractivity contribution in [2.45, 2.75) is 69.5 Å². The van der Waals surface area contributed by atoms with E-state index in [-0.39, 0.29) is 22.3 Å². The van der Waals surface area contributed by atoms with Crippen LogP contribution in [0.4, 0.5) is 4.79 Å². The number of alkyl carbamates (subject to hydrolysis) is 1. The largest absolute Gasteiger partial charge is 0.497 e. The van der Waals surface area contributed by atoms with Crippen LogP contribution in [0.5, 0.6) is 5.75 Å². The SMILES string of the molecule is COc1ccc(C(CCN2CCC3(CC2)CCN(Cc2ccc(S(C)(=O)=O)cc2)C3=O)NC(=O)OC(C)(C)C)cc1. The van der Waals surface area contributed by atoms with Crippen molar-refractivity contribution in [2.75, 3.05) is 39.5 Å².